The third kappa shape index (κ3) is 4.20. The molecule has 0 aromatic heterocycles. The molecule has 1 saturated heterocycles. The minimum absolute atomic E-state index is 0.377. The van der Waals surface area contributed by atoms with E-state index in [0.717, 1.165) is 32.6 Å². The van der Waals surface area contributed by atoms with Crippen LogP contribution in [0.5, 0.6) is 0 Å². The molecule has 1 heterocycles. The van der Waals surface area contributed by atoms with Crippen LogP contribution in [0.25, 0.3) is 0 Å². The van der Waals surface area contributed by atoms with E-state index in [9.17, 15) is 13.2 Å². The van der Waals surface area contributed by atoms with Gasteiger partial charge in [0.05, 0.1) is 5.56 Å². The van der Waals surface area contributed by atoms with Crippen LogP contribution in [-0.2, 0) is 12.7 Å². The Morgan fingerprint density at radius 2 is 1.71 bits per heavy atom. The van der Waals surface area contributed by atoms with Gasteiger partial charge in [-0.1, -0.05) is 25.1 Å². The van der Waals surface area contributed by atoms with Crippen LogP contribution in [0.2, 0.25) is 0 Å². The monoisotopic (exact) mass is 300 g/mol. The Bertz CT molecular complexity index is 451. The van der Waals surface area contributed by atoms with Gasteiger partial charge in [0.25, 0.3) is 0 Å². The molecule has 1 aromatic carbocycles. The van der Waals surface area contributed by atoms with Crippen molar-refractivity contribution in [3.63, 3.8) is 0 Å². The van der Waals surface area contributed by atoms with Crippen molar-refractivity contribution in [2.45, 2.75) is 39.0 Å². The lowest BCUT2D eigenvalue weighted by molar-refractivity contribution is -0.138. The summed E-state index contributed by atoms with van der Waals surface area (Å²) in [5.41, 5.74) is -0.128. The molecule has 2 nitrogen and oxygen atoms in total. The Kier molecular flexibility index (Phi) is 5.27. The summed E-state index contributed by atoms with van der Waals surface area (Å²) >= 11 is 0. The molecule has 0 unspecified atom stereocenters. The van der Waals surface area contributed by atoms with Crippen LogP contribution in [0.15, 0.2) is 24.3 Å². The van der Waals surface area contributed by atoms with Crippen molar-refractivity contribution in [3.05, 3.63) is 35.4 Å². The normalized spacial score (nSPS) is 19.7. The molecule has 118 valence electrons. The number of rotatable bonds is 4. The Balaban J connectivity index is 1.98. The molecule has 1 fully saturated rings. The van der Waals surface area contributed by atoms with Gasteiger partial charge < -0.3 is 0 Å². The summed E-state index contributed by atoms with van der Waals surface area (Å²) in [6.45, 7) is 8.27. The minimum atomic E-state index is -4.27. The SMILES string of the molecule is CC[C@@H](C)N1CCN(Cc2ccccc2C(F)(F)F)CC1. The van der Waals surface area contributed by atoms with E-state index in [2.05, 4.69) is 23.6 Å². The summed E-state index contributed by atoms with van der Waals surface area (Å²) in [5.74, 6) is 0. The van der Waals surface area contributed by atoms with Gasteiger partial charge in [-0.3, -0.25) is 9.80 Å². The Morgan fingerprint density at radius 1 is 1.10 bits per heavy atom. The molecule has 2 rings (SSSR count). The second-order valence-corrected chi connectivity index (χ2v) is 5.72. The molecular weight excluding hydrogens is 277 g/mol. The van der Waals surface area contributed by atoms with Crippen LogP contribution >= 0.6 is 0 Å². The quantitative estimate of drug-likeness (QED) is 0.838. The lowest BCUT2D eigenvalue weighted by atomic mass is 10.1. The number of benzene rings is 1. The molecule has 0 bridgehead atoms. The molecule has 1 aliphatic rings. The van der Waals surface area contributed by atoms with Gasteiger partial charge in [0.1, 0.15) is 0 Å². The topological polar surface area (TPSA) is 6.48 Å². The molecule has 5 heteroatoms. The fourth-order valence-electron chi connectivity index (χ4n) is 2.80. The van der Waals surface area contributed by atoms with Crippen molar-refractivity contribution in [1.82, 2.24) is 9.80 Å². The Labute approximate surface area is 124 Å². The van der Waals surface area contributed by atoms with E-state index in [1.807, 2.05) is 0 Å². The molecule has 0 radical (unpaired) electrons. The van der Waals surface area contributed by atoms with E-state index in [0.29, 0.717) is 18.2 Å². The Hall–Kier alpha value is -1.07. The zero-order valence-corrected chi connectivity index (χ0v) is 12.7. The maximum Gasteiger partial charge on any atom is 0.416 e. The third-order valence-electron chi connectivity index (χ3n) is 4.34. The molecule has 0 saturated carbocycles. The highest BCUT2D eigenvalue weighted by Crippen LogP contribution is 2.32. The number of hydrogen-bond donors (Lipinski definition) is 0. The lowest BCUT2D eigenvalue weighted by Crippen LogP contribution is -2.49. The van der Waals surface area contributed by atoms with Crippen LogP contribution in [0.3, 0.4) is 0 Å². The van der Waals surface area contributed by atoms with Crippen LogP contribution in [0.1, 0.15) is 31.4 Å². The van der Waals surface area contributed by atoms with Crippen molar-refractivity contribution in [2.75, 3.05) is 26.2 Å². The summed E-state index contributed by atoms with van der Waals surface area (Å²) in [5, 5.41) is 0. The van der Waals surface area contributed by atoms with E-state index >= 15 is 0 Å². The summed E-state index contributed by atoms with van der Waals surface area (Å²) in [7, 11) is 0. The predicted molar refractivity (Wildman–Crippen MR) is 78.0 cm³/mol. The summed E-state index contributed by atoms with van der Waals surface area (Å²) in [4.78, 5) is 4.52. The maximum atomic E-state index is 13.0. The average Bonchev–Trinajstić information content (AvgIpc) is 2.47. The average molecular weight is 300 g/mol. The van der Waals surface area contributed by atoms with E-state index in [1.54, 1.807) is 12.1 Å². The second kappa shape index (κ2) is 6.79. The number of piperazine rings is 1. The first-order valence-electron chi connectivity index (χ1n) is 7.53. The highest BCUT2D eigenvalue weighted by Gasteiger charge is 2.33. The molecule has 1 atom stereocenters. The standard InChI is InChI=1S/C16H23F3N2/c1-3-13(2)21-10-8-20(9-11-21)12-14-6-4-5-7-15(14)16(17,18)19/h4-7,13H,3,8-12H2,1-2H3/t13-/m1/s1. The van der Waals surface area contributed by atoms with Gasteiger partial charge in [-0.05, 0) is 25.0 Å². The molecule has 0 spiro atoms. The smallest absolute Gasteiger partial charge is 0.298 e. The van der Waals surface area contributed by atoms with Gasteiger partial charge >= 0.3 is 6.18 Å². The molecular formula is C16H23F3N2. The first kappa shape index (κ1) is 16.3. The van der Waals surface area contributed by atoms with Crippen LogP contribution < -0.4 is 0 Å². The fraction of sp³-hybridized carbons (Fsp3) is 0.625. The molecule has 1 aliphatic heterocycles. The summed E-state index contributed by atoms with van der Waals surface area (Å²) in [6, 6.07) is 6.44. The van der Waals surface area contributed by atoms with Crippen molar-refractivity contribution in [2.24, 2.45) is 0 Å². The maximum absolute atomic E-state index is 13.0. The summed E-state index contributed by atoms with van der Waals surface area (Å²) in [6.07, 6.45) is -3.16. The van der Waals surface area contributed by atoms with Crippen LogP contribution in [0, 0.1) is 0 Å². The zero-order valence-electron chi connectivity index (χ0n) is 12.7. The van der Waals surface area contributed by atoms with E-state index in [-0.39, 0.29) is 0 Å². The van der Waals surface area contributed by atoms with Crippen molar-refractivity contribution in [3.8, 4) is 0 Å². The van der Waals surface area contributed by atoms with Crippen molar-refractivity contribution in [1.29, 1.82) is 0 Å². The van der Waals surface area contributed by atoms with Crippen molar-refractivity contribution >= 4 is 0 Å². The highest BCUT2D eigenvalue weighted by molar-refractivity contribution is 5.29. The van der Waals surface area contributed by atoms with E-state index in [1.165, 1.54) is 12.1 Å². The fourth-order valence-corrected chi connectivity index (χ4v) is 2.80. The van der Waals surface area contributed by atoms with E-state index < -0.39 is 11.7 Å². The predicted octanol–water partition coefficient (Wildman–Crippen LogP) is 3.62. The third-order valence-corrected chi connectivity index (χ3v) is 4.34. The van der Waals surface area contributed by atoms with Crippen LogP contribution in [-0.4, -0.2) is 42.0 Å². The van der Waals surface area contributed by atoms with Gasteiger partial charge in [-0.15, -0.1) is 0 Å². The van der Waals surface area contributed by atoms with Gasteiger partial charge in [0.2, 0.25) is 0 Å². The summed E-state index contributed by atoms with van der Waals surface area (Å²) < 4.78 is 39.0. The van der Waals surface area contributed by atoms with Crippen LogP contribution in [0.4, 0.5) is 13.2 Å². The second-order valence-electron chi connectivity index (χ2n) is 5.72. The molecule has 0 aliphatic carbocycles. The largest absolute Gasteiger partial charge is 0.416 e. The molecule has 1 aromatic rings. The lowest BCUT2D eigenvalue weighted by Gasteiger charge is -2.38. The zero-order chi connectivity index (χ0) is 15.5. The van der Waals surface area contributed by atoms with Crippen molar-refractivity contribution < 1.29 is 13.2 Å². The van der Waals surface area contributed by atoms with Gasteiger partial charge in [-0.25, -0.2) is 0 Å². The number of nitrogens with zero attached hydrogens (tertiary/aromatic N) is 2. The molecule has 21 heavy (non-hydrogen) atoms. The van der Waals surface area contributed by atoms with Gasteiger partial charge in [0, 0.05) is 38.8 Å². The van der Waals surface area contributed by atoms with E-state index in [4.69, 9.17) is 0 Å². The number of halogens is 3. The highest BCUT2D eigenvalue weighted by atomic mass is 19.4. The number of hydrogen-bond acceptors (Lipinski definition) is 2. The minimum Gasteiger partial charge on any atom is -0.298 e. The first-order chi connectivity index (χ1) is 9.91. The van der Waals surface area contributed by atoms with Gasteiger partial charge in [-0.2, -0.15) is 13.2 Å². The molecule has 0 amide bonds. The number of alkyl halides is 3. The Morgan fingerprint density at radius 3 is 2.29 bits per heavy atom. The first-order valence-corrected chi connectivity index (χ1v) is 7.53. The van der Waals surface area contributed by atoms with Gasteiger partial charge in [0.15, 0.2) is 0 Å². The molecule has 0 N–H and O–H groups in total.